The molecule has 20 heavy (non-hydrogen) atoms. The number of nitrogens with one attached hydrogen (secondary N) is 2. The number of aryl methyl sites for hydroxylation is 1. The lowest BCUT2D eigenvalue weighted by molar-refractivity contribution is 0.0955. The minimum atomic E-state index is -0.0549. The smallest absolute Gasteiger partial charge is 0.252 e. The van der Waals surface area contributed by atoms with Crippen LogP contribution in [0.5, 0.6) is 0 Å². The van der Waals surface area contributed by atoms with E-state index in [2.05, 4.69) is 31.5 Å². The van der Waals surface area contributed by atoms with Crippen molar-refractivity contribution in [3.8, 4) is 0 Å². The number of fused-ring (bicyclic) bond motifs is 1. The highest BCUT2D eigenvalue weighted by Gasteiger charge is 2.11. The maximum atomic E-state index is 12.3. The van der Waals surface area contributed by atoms with E-state index in [-0.39, 0.29) is 5.91 Å². The molecule has 0 aliphatic heterocycles. The van der Waals surface area contributed by atoms with Crippen molar-refractivity contribution >= 4 is 32.7 Å². The largest absolute Gasteiger partial charge is 0.351 e. The maximum Gasteiger partial charge on any atom is 0.252 e. The van der Waals surface area contributed by atoms with Crippen molar-refractivity contribution in [3.63, 3.8) is 0 Å². The van der Waals surface area contributed by atoms with Gasteiger partial charge in [0.25, 0.3) is 5.91 Å². The molecule has 1 aromatic heterocycles. The highest BCUT2D eigenvalue weighted by atomic mass is 79.9. The van der Waals surface area contributed by atoms with E-state index >= 15 is 0 Å². The fraction of sp³-hybridized carbons (Fsp3) is 0.333. The predicted molar refractivity (Wildman–Crippen MR) is 85.1 cm³/mol. The summed E-state index contributed by atoms with van der Waals surface area (Å²) in [6, 6.07) is 7.61. The van der Waals surface area contributed by atoms with E-state index in [9.17, 15) is 4.79 Å². The van der Waals surface area contributed by atoms with Crippen molar-refractivity contribution in [2.75, 3.05) is 19.6 Å². The van der Waals surface area contributed by atoms with Gasteiger partial charge in [-0.2, -0.15) is 0 Å². The highest BCUT2D eigenvalue weighted by Crippen LogP contribution is 2.22. The second-order valence-corrected chi connectivity index (χ2v) is 5.50. The molecule has 0 radical (unpaired) electrons. The van der Waals surface area contributed by atoms with Gasteiger partial charge in [0.1, 0.15) is 0 Å². The molecule has 0 spiro atoms. The van der Waals surface area contributed by atoms with Crippen LogP contribution < -0.4 is 10.6 Å². The van der Waals surface area contributed by atoms with Crippen molar-refractivity contribution < 1.29 is 4.79 Å². The molecule has 4 nitrogen and oxygen atoms in total. The minimum absolute atomic E-state index is 0.0549. The third-order valence-electron chi connectivity index (χ3n) is 2.98. The topological polar surface area (TPSA) is 54.0 Å². The third kappa shape index (κ3) is 3.55. The third-order valence-corrected chi connectivity index (χ3v) is 3.48. The number of benzene rings is 1. The Labute approximate surface area is 127 Å². The fourth-order valence-corrected chi connectivity index (χ4v) is 2.41. The Morgan fingerprint density at radius 3 is 2.85 bits per heavy atom. The Morgan fingerprint density at radius 1 is 1.30 bits per heavy atom. The van der Waals surface area contributed by atoms with Gasteiger partial charge in [0.2, 0.25) is 0 Å². The number of rotatable bonds is 5. The summed E-state index contributed by atoms with van der Waals surface area (Å²) < 4.78 is 0.960. The molecule has 0 fully saturated rings. The highest BCUT2D eigenvalue weighted by molar-refractivity contribution is 9.10. The second kappa shape index (κ2) is 6.81. The van der Waals surface area contributed by atoms with E-state index in [1.54, 1.807) is 0 Å². The van der Waals surface area contributed by atoms with Gasteiger partial charge in [-0.25, -0.2) is 0 Å². The lowest BCUT2D eigenvalue weighted by atomic mass is 10.1. The minimum Gasteiger partial charge on any atom is -0.351 e. The van der Waals surface area contributed by atoms with Gasteiger partial charge in [-0.15, -0.1) is 0 Å². The Balaban J connectivity index is 2.26. The normalized spacial score (nSPS) is 10.8. The predicted octanol–water partition coefficient (Wildman–Crippen LogP) is 2.65. The first-order valence-corrected chi connectivity index (χ1v) is 7.47. The number of hydrogen-bond donors (Lipinski definition) is 2. The van der Waals surface area contributed by atoms with Crippen LogP contribution in [0.15, 0.2) is 28.7 Å². The zero-order chi connectivity index (χ0) is 14.5. The number of carbonyl (C=O) groups excluding carboxylic acids is 1. The number of carbonyl (C=O) groups is 1. The van der Waals surface area contributed by atoms with Gasteiger partial charge in [-0.1, -0.05) is 28.9 Å². The Hall–Kier alpha value is -1.46. The second-order valence-electron chi connectivity index (χ2n) is 4.58. The molecular formula is C15H18BrN3O. The quantitative estimate of drug-likeness (QED) is 0.826. The molecule has 0 aliphatic carbocycles. The van der Waals surface area contributed by atoms with Crippen LogP contribution in [-0.2, 0) is 0 Å². The standard InChI is InChI=1S/C15H18BrN3O/c1-3-17-6-7-18-15(20)13-8-10(2)19-14-9-11(16)4-5-12(13)14/h4-5,8-9,17H,3,6-7H2,1-2H3,(H,18,20). The van der Waals surface area contributed by atoms with E-state index in [1.165, 1.54) is 0 Å². The Morgan fingerprint density at radius 2 is 2.10 bits per heavy atom. The lowest BCUT2D eigenvalue weighted by Gasteiger charge is -2.09. The molecule has 0 aliphatic rings. The van der Waals surface area contributed by atoms with Crippen LogP contribution in [0.1, 0.15) is 23.0 Å². The molecule has 1 amide bonds. The summed E-state index contributed by atoms with van der Waals surface area (Å²) >= 11 is 3.43. The molecule has 2 N–H and O–H groups in total. The number of likely N-dealkylation sites (N-methyl/N-ethyl adjacent to an activating group) is 1. The van der Waals surface area contributed by atoms with Gasteiger partial charge >= 0.3 is 0 Å². The Bertz CT molecular complexity index is 623. The van der Waals surface area contributed by atoms with Crippen molar-refractivity contribution in [3.05, 3.63) is 40.0 Å². The average Bonchev–Trinajstić information content (AvgIpc) is 2.42. The SMILES string of the molecule is CCNCCNC(=O)c1cc(C)nc2cc(Br)ccc12. The summed E-state index contributed by atoms with van der Waals surface area (Å²) in [5.74, 6) is -0.0549. The average molecular weight is 336 g/mol. The maximum absolute atomic E-state index is 12.3. The van der Waals surface area contributed by atoms with Crippen molar-refractivity contribution in [2.45, 2.75) is 13.8 Å². The first-order valence-electron chi connectivity index (χ1n) is 6.67. The van der Waals surface area contributed by atoms with Crippen LogP contribution in [0, 0.1) is 6.92 Å². The van der Waals surface area contributed by atoms with E-state index in [4.69, 9.17) is 0 Å². The van der Waals surface area contributed by atoms with E-state index in [1.807, 2.05) is 38.1 Å². The summed E-state index contributed by atoms with van der Waals surface area (Å²) in [6.45, 7) is 6.23. The Kier molecular flexibility index (Phi) is 5.09. The summed E-state index contributed by atoms with van der Waals surface area (Å²) in [4.78, 5) is 16.7. The molecule has 2 rings (SSSR count). The number of nitrogens with zero attached hydrogens (tertiary/aromatic N) is 1. The van der Waals surface area contributed by atoms with Gasteiger partial charge in [0, 0.05) is 28.6 Å². The number of hydrogen-bond acceptors (Lipinski definition) is 3. The first kappa shape index (κ1) is 14.9. The molecule has 0 unspecified atom stereocenters. The summed E-state index contributed by atoms with van der Waals surface area (Å²) in [6.07, 6.45) is 0. The molecule has 0 bridgehead atoms. The zero-order valence-electron chi connectivity index (χ0n) is 11.7. The molecule has 0 saturated carbocycles. The van der Waals surface area contributed by atoms with Gasteiger partial charge in [-0.05, 0) is 31.7 Å². The van der Waals surface area contributed by atoms with E-state index in [0.717, 1.165) is 34.2 Å². The van der Waals surface area contributed by atoms with Crippen LogP contribution in [0.25, 0.3) is 10.9 Å². The van der Waals surface area contributed by atoms with Crippen LogP contribution >= 0.6 is 15.9 Å². The summed E-state index contributed by atoms with van der Waals surface area (Å²) in [5, 5.41) is 6.98. The van der Waals surface area contributed by atoms with Crippen LogP contribution in [0.3, 0.4) is 0 Å². The molecular weight excluding hydrogens is 318 g/mol. The number of pyridine rings is 1. The van der Waals surface area contributed by atoms with Gasteiger partial charge in [0.15, 0.2) is 0 Å². The monoisotopic (exact) mass is 335 g/mol. The van der Waals surface area contributed by atoms with Gasteiger partial charge in [0.05, 0.1) is 11.1 Å². The molecule has 1 aromatic carbocycles. The molecule has 5 heteroatoms. The van der Waals surface area contributed by atoms with Crippen LogP contribution in [-0.4, -0.2) is 30.5 Å². The lowest BCUT2D eigenvalue weighted by Crippen LogP contribution is -2.31. The summed E-state index contributed by atoms with van der Waals surface area (Å²) in [5.41, 5.74) is 2.35. The molecule has 0 saturated heterocycles. The molecule has 2 aromatic rings. The number of amides is 1. The van der Waals surface area contributed by atoms with E-state index in [0.29, 0.717) is 12.1 Å². The van der Waals surface area contributed by atoms with Crippen molar-refractivity contribution in [1.29, 1.82) is 0 Å². The molecule has 1 heterocycles. The fourth-order valence-electron chi connectivity index (χ4n) is 2.06. The van der Waals surface area contributed by atoms with E-state index < -0.39 is 0 Å². The van der Waals surface area contributed by atoms with Crippen molar-refractivity contribution in [2.24, 2.45) is 0 Å². The molecule has 106 valence electrons. The molecule has 0 atom stereocenters. The number of aromatic nitrogens is 1. The van der Waals surface area contributed by atoms with Gasteiger partial charge in [-0.3, -0.25) is 9.78 Å². The van der Waals surface area contributed by atoms with Crippen LogP contribution in [0.2, 0.25) is 0 Å². The first-order chi connectivity index (χ1) is 9.61. The zero-order valence-corrected chi connectivity index (χ0v) is 13.3. The van der Waals surface area contributed by atoms with Gasteiger partial charge < -0.3 is 10.6 Å². The van der Waals surface area contributed by atoms with Crippen molar-refractivity contribution in [1.82, 2.24) is 15.6 Å². The number of halogens is 1. The van der Waals surface area contributed by atoms with Crippen LogP contribution in [0.4, 0.5) is 0 Å². The summed E-state index contributed by atoms with van der Waals surface area (Å²) in [7, 11) is 0.